The van der Waals surface area contributed by atoms with Gasteiger partial charge in [0.25, 0.3) is 0 Å². The summed E-state index contributed by atoms with van der Waals surface area (Å²) in [6.45, 7) is 4.30. The van der Waals surface area contributed by atoms with E-state index in [1.807, 2.05) is 39.7 Å². The Labute approximate surface area is 134 Å². The van der Waals surface area contributed by atoms with Gasteiger partial charge < -0.3 is 0 Å². The van der Waals surface area contributed by atoms with E-state index < -0.39 is 0 Å². The molecule has 0 atom stereocenters. The molecule has 0 unspecified atom stereocenters. The second-order valence-electron chi connectivity index (χ2n) is 5.82. The van der Waals surface area contributed by atoms with Gasteiger partial charge in [0, 0.05) is 29.7 Å². The van der Waals surface area contributed by atoms with Gasteiger partial charge in [-0.05, 0) is 11.5 Å². The van der Waals surface area contributed by atoms with E-state index in [-0.39, 0.29) is 0 Å². The monoisotopic (exact) mass is 303 g/mol. The van der Waals surface area contributed by atoms with Crippen LogP contribution in [0.4, 0.5) is 0 Å². The van der Waals surface area contributed by atoms with Gasteiger partial charge in [0.05, 0.1) is 6.20 Å². The lowest BCUT2D eigenvalue weighted by molar-refractivity contribution is 0.787. The Morgan fingerprint density at radius 2 is 1.91 bits per heavy atom. The van der Waals surface area contributed by atoms with Crippen LogP contribution in [0.25, 0.3) is 22.6 Å². The van der Waals surface area contributed by atoms with Gasteiger partial charge in [-0.25, -0.2) is 9.97 Å². The van der Waals surface area contributed by atoms with Crippen molar-refractivity contribution in [3.8, 4) is 16.9 Å². The molecule has 0 radical (unpaired) electrons. The number of benzene rings is 1. The maximum absolute atomic E-state index is 4.85. The lowest BCUT2D eigenvalue weighted by Gasteiger charge is -2.11. The molecule has 0 saturated heterocycles. The molecule has 0 fully saturated rings. The quantitative estimate of drug-likeness (QED) is 0.580. The first kappa shape index (κ1) is 13.7. The Bertz CT molecular complexity index is 936. The highest BCUT2D eigenvalue weighted by Gasteiger charge is 2.15. The van der Waals surface area contributed by atoms with Gasteiger partial charge in [-0.15, -0.1) is 0 Å². The van der Waals surface area contributed by atoms with Gasteiger partial charge in [0.15, 0.2) is 5.65 Å². The molecule has 0 saturated carbocycles. The van der Waals surface area contributed by atoms with Gasteiger partial charge in [-0.2, -0.15) is 9.61 Å². The molecule has 3 aromatic heterocycles. The summed E-state index contributed by atoms with van der Waals surface area (Å²) in [5.74, 6) is 1.28. The highest BCUT2D eigenvalue weighted by Crippen LogP contribution is 2.26. The Balaban J connectivity index is 2.02. The third-order valence-corrected chi connectivity index (χ3v) is 3.92. The standard InChI is InChI=1S/C18H17N5/c1-13(2)16-10-17(22-9-8-19-12-22)23-18(21-16)15(11-20-23)14-6-4-3-5-7-14/h3-13H,1-2H3. The van der Waals surface area contributed by atoms with Gasteiger partial charge in [-0.3, -0.25) is 4.57 Å². The zero-order chi connectivity index (χ0) is 15.8. The first-order chi connectivity index (χ1) is 11.2. The highest BCUT2D eigenvalue weighted by molar-refractivity contribution is 5.77. The van der Waals surface area contributed by atoms with E-state index >= 15 is 0 Å². The van der Waals surface area contributed by atoms with Crippen LogP contribution in [0.5, 0.6) is 0 Å². The lowest BCUT2D eigenvalue weighted by Crippen LogP contribution is -2.06. The predicted octanol–water partition coefficient (Wildman–Crippen LogP) is 3.71. The summed E-state index contributed by atoms with van der Waals surface area (Å²) in [4.78, 5) is 8.99. The Hall–Kier alpha value is -2.95. The molecule has 0 aliphatic rings. The number of hydrogen-bond acceptors (Lipinski definition) is 3. The van der Waals surface area contributed by atoms with E-state index in [9.17, 15) is 0 Å². The van der Waals surface area contributed by atoms with Gasteiger partial charge >= 0.3 is 0 Å². The largest absolute Gasteiger partial charge is 0.290 e. The number of aromatic nitrogens is 5. The first-order valence-corrected chi connectivity index (χ1v) is 7.66. The smallest absolute Gasteiger partial charge is 0.165 e. The highest BCUT2D eigenvalue weighted by atomic mass is 15.3. The van der Waals surface area contributed by atoms with Crippen molar-refractivity contribution in [3.05, 3.63) is 67.0 Å². The van der Waals surface area contributed by atoms with Crippen molar-refractivity contribution < 1.29 is 0 Å². The van der Waals surface area contributed by atoms with Crippen molar-refractivity contribution in [1.29, 1.82) is 0 Å². The maximum Gasteiger partial charge on any atom is 0.165 e. The topological polar surface area (TPSA) is 48.0 Å². The van der Waals surface area contributed by atoms with E-state index in [4.69, 9.17) is 4.98 Å². The fraction of sp³-hybridized carbons (Fsp3) is 0.167. The molecular formula is C18H17N5. The second kappa shape index (κ2) is 5.35. The van der Waals surface area contributed by atoms with Crippen LogP contribution in [0.15, 0.2) is 61.3 Å². The molecule has 0 aliphatic heterocycles. The Morgan fingerprint density at radius 3 is 2.61 bits per heavy atom. The summed E-state index contributed by atoms with van der Waals surface area (Å²) in [6, 6.07) is 12.3. The molecule has 5 heteroatoms. The average Bonchev–Trinajstić information content (AvgIpc) is 3.24. The molecule has 23 heavy (non-hydrogen) atoms. The lowest BCUT2D eigenvalue weighted by atomic mass is 10.1. The Kier molecular flexibility index (Phi) is 3.19. The number of fused-ring (bicyclic) bond motifs is 1. The van der Waals surface area contributed by atoms with Crippen LogP contribution >= 0.6 is 0 Å². The van der Waals surface area contributed by atoms with Crippen LogP contribution in [0.1, 0.15) is 25.5 Å². The van der Waals surface area contributed by atoms with Crippen molar-refractivity contribution in [2.24, 2.45) is 0 Å². The molecule has 0 aliphatic carbocycles. The summed E-state index contributed by atoms with van der Waals surface area (Å²) in [5.41, 5.74) is 4.06. The van der Waals surface area contributed by atoms with Crippen LogP contribution in [0.3, 0.4) is 0 Å². The molecule has 0 N–H and O–H groups in total. The SMILES string of the molecule is CC(C)c1cc(-n2ccnc2)n2ncc(-c3ccccc3)c2n1. The number of nitrogens with zero attached hydrogens (tertiary/aromatic N) is 5. The zero-order valence-corrected chi connectivity index (χ0v) is 13.1. The van der Waals surface area contributed by atoms with Crippen LogP contribution in [0, 0.1) is 0 Å². The second-order valence-corrected chi connectivity index (χ2v) is 5.82. The van der Waals surface area contributed by atoms with E-state index in [1.165, 1.54) is 0 Å². The van der Waals surface area contributed by atoms with E-state index in [0.717, 1.165) is 28.3 Å². The molecule has 3 heterocycles. The van der Waals surface area contributed by atoms with Crippen molar-refractivity contribution >= 4 is 5.65 Å². The van der Waals surface area contributed by atoms with Crippen LogP contribution in [0.2, 0.25) is 0 Å². The summed E-state index contributed by atoms with van der Waals surface area (Å²) >= 11 is 0. The molecule has 0 amide bonds. The number of hydrogen-bond donors (Lipinski definition) is 0. The minimum atomic E-state index is 0.334. The number of imidazole rings is 1. The molecule has 1 aromatic carbocycles. The normalized spacial score (nSPS) is 11.4. The zero-order valence-electron chi connectivity index (χ0n) is 13.1. The van der Waals surface area contributed by atoms with Crippen LogP contribution in [-0.2, 0) is 0 Å². The van der Waals surface area contributed by atoms with Gasteiger partial charge in [0.1, 0.15) is 12.1 Å². The molecule has 0 spiro atoms. The van der Waals surface area contributed by atoms with E-state index in [0.29, 0.717) is 5.92 Å². The van der Waals surface area contributed by atoms with E-state index in [2.05, 4.69) is 42.1 Å². The van der Waals surface area contributed by atoms with Gasteiger partial charge in [0.2, 0.25) is 0 Å². The van der Waals surface area contributed by atoms with Crippen LogP contribution in [-0.4, -0.2) is 24.1 Å². The molecule has 0 bridgehead atoms. The fourth-order valence-corrected chi connectivity index (χ4v) is 2.66. The van der Waals surface area contributed by atoms with Crippen molar-refractivity contribution in [3.63, 3.8) is 0 Å². The van der Waals surface area contributed by atoms with E-state index in [1.54, 1.807) is 12.5 Å². The third kappa shape index (κ3) is 2.30. The molecule has 4 rings (SSSR count). The van der Waals surface area contributed by atoms with Gasteiger partial charge in [-0.1, -0.05) is 44.2 Å². The minimum Gasteiger partial charge on any atom is -0.290 e. The van der Waals surface area contributed by atoms with Crippen molar-refractivity contribution in [2.45, 2.75) is 19.8 Å². The first-order valence-electron chi connectivity index (χ1n) is 7.66. The summed E-state index contributed by atoms with van der Waals surface area (Å²) < 4.78 is 3.83. The molecule has 114 valence electrons. The fourth-order valence-electron chi connectivity index (χ4n) is 2.66. The third-order valence-electron chi connectivity index (χ3n) is 3.92. The summed E-state index contributed by atoms with van der Waals surface area (Å²) in [6.07, 6.45) is 7.34. The Morgan fingerprint density at radius 1 is 1.09 bits per heavy atom. The maximum atomic E-state index is 4.85. The molecule has 4 aromatic rings. The summed E-state index contributed by atoms with van der Waals surface area (Å²) in [5, 5.41) is 4.56. The molecular weight excluding hydrogens is 286 g/mol. The average molecular weight is 303 g/mol. The van der Waals surface area contributed by atoms with Crippen molar-refractivity contribution in [1.82, 2.24) is 24.1 Å². The van der Waals surface area contributed by atoms with Crippen molar-refractivity contribution in [2.75, 3.05) is 0 Å². The van der Waals surface area contributed by atoms with Crippen LogP contribution < -0.4 is 0 Å². The summed E-state index contributed by atoms with van der Waals surface area (Å²) in [7, 11) is 0. The number of rotatable bonds is 3. The minimum absolute atomic E-state index is 0.334. The predicted molar refractivity (Wildman–Crippen MR) is 89.6 cm³/mol. The molecule has 5 nitrogen and oxygen atoms in total.